The van der Waals surface area contributed by atoms with E-state index in [4.69, 9.17) is 4.74 Å². The van der Waals surface area contributed by atoms with Crippen molar-refractivity contribution in [3.8, 4) is 5.75 Å². The third kappa shape index (κ3) is 4.29. The average Bonchev–Trinajstić information content (AvgIpc) is 2.71. The third-order valence-electron chi connectivity index (χ3n) is 5.60. The van der Waals surface area contributed by atoms with Crippen LogP contribution in [0.15, 0.2) is 48.5 Å². The van der Waals surface area contributed by atoms with E-state index in [1.54, 1.807) is 24.3 Å². The fourth-order valence-corrected chi connectivity index (χ4v) is 3.74. The van der Waals surface area contributed by atoms with Crippen molar-refractivity contribution < 1.29 is 32.6 Å². The van der Waals surface area contributed by atoms with Gasteiger partial charge in [0.2, 0.25) is 5.72 Å². The molecule has 0 aliphatic carbocycles. The number of benzene rings is 2. The monoisotopic (exact) mass is 450 g/mol. The smallest absolute Gasteiger partial charge is 0.437 e. The molecule has 3 N–H and O–H groups in total. The van der Waals surface area contributed by atoms with Gasteiger partial charge in [-0.15, -0.1) is 0 Å². The number of alkyl halides is 3. The van der Waals surface area contributed by atoms with Crippen LogP contribution >= 0.6 is 0 Å². The summed E-state index contributed by atoms with van der Waals surface area (Å²) in [4.78, 5) is 25.4. The molecule has 32 heavy (non-hydrogen) atoms. The van der Waals surface area contributed by atoms with Crippen LogP contribution in [0, 0.1) is 5.92 Å². The Bertz CT molecular complexity index is 998. The Morgan fingerprint density at radius 2 is 1.59 bits per heavy atom. The molecule has 0 bridgehead atoms. The van der Waals surface area contributed by atoms with Crippen LogP contribution in [0.5, 0.6) is 5.75 Å². The van der Waals surface area contributed by atoms with Gasteiger partial charge in [-0.2, -0.15) is 13.2 Å². The van der Waals surface area contributed by atoms with Crippen molar-refractivity contribution in [2.45, 2.75) is 44.1 Å². The first-order valence-corrected chi connectivity index (χ1v) is 9.94. The molecule has 2 aromatic carbocycles. The molecular formula is C23H25F3N2O4. The molecule has 3 rings (SSSR count). The lowest BCUT2D eigenvalue weighted by Crippen LogP contribution is -2.72. The van der Waals surface area contributed by atoms with Crippen LogP contribution in [0.4, 0.5) is 18.0 Å². The summed E-state index contributed by atoms with van der Waals surface area (Å²) in [6.45, 7) is 5.94. The van der Waals surface area contributed by atoms with E-state index in [9.17, 15) is 27.9 Å². The molecule has 0 unspecified atom stereocenters. The number of halogens is 3. The first-order chi connectivity index (χ1) is 14.8. The summed E-state index contributed by atoms with van der Waals surface area (Å²) < 4.78 is 47.0. The summed E-state index contributed by atoms with van der Waals surface area (Å²) in [7, 11) is 1.41. The van der Waals surface area contributed by atoms with Gasteiger partial charge in [0, 0.05) is 5.56 Å². The highest BCUT2D eigenvalue weighted by Crippen LogP contribution is 2.44. The second-order valence-electron chi connectivity index (χ2n) is 8.78. The summed E-state index contributed by atoms with van der Waals surface area (Å²) in [6.07, 6.45) is -5.30. The molecule has 9 heteroatoms. The fourth-order valence-electron chi connectivity index (χ4n) is 3.74. The SMILES string of the molecule is COc1ccc(C(=O)[C@@H]2[C@H](c3ccc(C(C)(C)C)cc3)NC(=O)N[C@]2(O)C(F)(F)F)cc1. The Hall–Kier alpha value is -3.07. The van der Waals surface area contributed by atoms with Gasteiger partial charge in [-0.3, -0.25) is 4.79 Å². The quantitative estimate of drug-likeness (QED) is 0.612. The maximum Gasteiger partial charge on any atom is 0.437 e. The number of nitrogens with one attached hydrogen (secondary N) is 2. The van der Waals surface area contributed by atoms with Gasteiger partial charge in [0.1, 0.15) is 11.7 Å². The fraction of sp³-hybridized carbons (Fsp3) is 0.391. The van der Waals surface area contributed by atoms with E-state index >= 15 is 0 Å². The highest BCUT2D eigenvalue weighted by molar-refractivity contribution is 6.00. The molecule has 0 aromatic heterocycles. The molecule has 2 aromatic rings. The second-order valence-corrected chi connectivity index (χ2v) is 8.78. The largest absolute Gasteiger partial charge is 0.497 e. The van der Waals surface area contributed by atoms with Gasteiger partial charge in [0.05, 0.1) is 13.2 Å². The maximum absolute atomic E-state index is 14.0. The predicted molar refractivity (Wildman–Crippen MR) is 111 cm³/mol. The van der Waals surface area contributed by atoms with E-state index in [0.29, 0.717) is 5.75 Å². The number of amides is 2. The molecule has 1 heterocycles. The number of rotatable bonds is 4. The van der Waals surface area contributed by atoms with Crippen molar-refractivity contribution in [2.75, 3.05) is 7.11 Å². The molecule has 2 amide bonds. The minimum Gasteiger partial charge on any atom is -0.497 e. The molecule has 1 aliphatic rings. The number of carbonyl (C=O) groups is 2. The number of urea groups is 1. The normalized spacial score (nSPS) is 23.8. The zero-order valence-electron chi connectivity index (χ0n) is 18.1. The van der Waals surface area contributed by atoms with Gasteiger partial charge in [-0.1, -0.05) is 45.0 Å². The maximum atomic E-state index is 14.0. The highest BCUT2D eigenvalue weighted by atomic mass is 19.4. The molecule has 1 fully saturated rings. The van der Waals surface area contributed by atoms with E-state index in [-0.39, 0.29) is 16.5 Å². The lowest BCUT2D eigenvalue weighted by atomic mass is 9.76. The van der Waals surface area contributed by atoms with Gasteiger partial charge in [0.25, 0.3) is 0 Å². The Morgan fingerprint density at radius 1 is 1.03 bits per heavy atom. The molecule has 1 saturated heterocycles. The Labute approximate surface area is 183 Å². The van der Waals surface area contributed by atoms with Crippen LogP contribution < -0.4 is 15.4 Å². The minimum atomic E-state index is -5.30. The van der Waals surface area contributed by atoms with Crippen molar-refractivity contribution in [1.29, 1.82) is 0 Å². The minimum absolute atomic E-state index is 0.0623. The van der Waals surface area contributed by atoms with Crippen LogP contribution in [0.25, 0.3) is 0 Å². The highest BCUT2D eigenvalue weighted by Gasteiger charge is 2.66. The van der Waals surface area contributed by atoms with Crippen molar-refractivity contribution in [3.05, 3.63) is 65.2 Å². The molecule has 0 spiro atoms. The summed E-state index contributed by atoms with van der Waals surface area (Å²) in [5.74, 6) is -2.64. The van der Waals surface area contributed by atoms with Crippen LogP contribution in [0.3, 0.4) is 0 Å². The van der Waals surface area contributed by atoms with Crippen molar-refractivity contribution in [2.24, 2.45) is 5.92 Å². The van der Waals surface area contributed by atoms with Gasteiger partial charge in [0.15, 0.2) is 5.78 Å². The lowest BCUT2D eigenvalue weighted by molar-refractivity contribution is -0.287. The van der Waals surface area contributed by atoms with Crippen LogP contribution in [-0.4, -0.2) is 35.9 Å². The third-order valence-corrected chi connectivity index (χ3v) is 5.60. The molecule has 3 atom stereocenters. The molecule has 0 radical (unpaired) electrons. The Morgan fingerprint density at radius 3 is 2.06 bits per heavy atom. The number of aliphatic hydroxyl groups is 1. The van der Waals surface area contributed by atoms with Crippen LogP contribution in [-0.2, 0) is 5.41 Å². The number of methoxy groups -OCH3 is 1. The summed E-state index contributed by atoms with van der Waals surface area (Å²) in [5.41, 5.74) is -2.85. The number of ketones is 1. The van der Waals surface area contributed by atoms with Crippen molar-refractivity contribution >= 4 is 11.8 Å². The molecule has 172 valence electrons. The standard InChI is InChI=1S/C23H25F3N2O4/c1-21(2,3)15-9-5-13(6-10-15)18-17(19(29)14-7-11-16(32-4)12-8-14)22(31,23(24,25)26)28-20(30)27-18/h5-12,17-18,31H,1-4H3,(H2,27,28,30)/t17-,18-,22+/m0/s1. The lowest BCUT2D eigenvalue weighted by Gasteiger charge is -2.45. The van der Waals surface area contributed by atoms with Gasteiger partial charge >= 0.3 is 12.2 Å². The zero-order chi connectivity index (χ0) is 23.9. The molecular weight excluding hydrogens is 425 g/mol. The van der Waals surface area contributed by atoms with Gasteiger partial charge in [-0.05, 0) is 40.8 Å². The molecule has 6 nitrogen and oxygen atoms in total. The van der Waals surface area contributed by atoms with Crippen molar-refractivity contribution in [3.63, 3.8) is 0 Å². The number of hydrogen-bond donors (Lipinski definition) is 3. The number of carbonyl (C=O) groups excluding carboxylic acids is 2. The average molecular weight is 450 g/mol. The van der Waals surface area contributed by atoms with Crippen molar-refractivity contribution in [1.82, 2.24) is 10.6 Å². The van der Waals surface area contributed by atoms with Gasteiger partial charge in [-0.25, -0.2) is 4.79 Å². The van der Waals surface area contributed by atoms with E-state index in [0.717, 1.165) is 5.56 Å². The van der Waals surface area contributed by atoms with Crippen LogP contribution in [0.1, 0.15) is 48.3 Å². The van der Waals surface area contributed by atoms with Gasteiger partial charge < -0.3 is 20.5 Å². The Kier molecular flexibility index (Phi) is 5.99. The van der Waals surface area contributed by atoms with E-state index in [1.807, 2.05) is 20.8 Å². The topological polar surface area (TPSA) is 87.7 Å². The number of hydrogen-bond acceptors (Lipinski definition) is 4. The second kappa shape index (κ2) is 8.12. The first kappa shape index (κ1) is 23.6. The summed E-state index contributed by atoms with van der Waals surface area (Å²) >= 11 is 0. The zero-order valence-corrected chi connectivity index (χ0v) is 18.1. The summed E-state index contributed by atoms with van der Waals surface area (Å²) in [5, 5.41) is 14.6. The van der Waals surface area contributed by atoms with Crippen LogP contribution in [0.2, 0.25) is 0 Å². The van der Waals surface area contributed by atoms with E-state index in [2.05, 4.69) is 5.32 Å². The molecule has 0 saturated carbocycles. The predicted octanol–water partition coefficient (Wildman–Crippen LogP) is 4.10. The van der Waals surface area contributed by atoms with E-state index in [1.165, 1.54) is 36.7 Å². The first-order valence-electron chi connectivity index (χ1n) is 9.94. The summed E-state index contributed by atoms with van der Waals surface area (Å²) in [6, 6.07) is 9.42. The van der Waals surface area contributed by atoms with E-state index < -0.39 is 35.7 Å². The number of Topliss-reactive ketones (excluding diaryl/α,β-unsaturated/α-hetero) is 1. The number of ether oxygens (including phenoxy) is 1. The Balaban J connectivity index is 2.12. The molecule has 1 aliphatic heterocycles.